The van der Waals surface area contributed by atoms with Crippen LogP contribution in [0.3, 0.4) is 0 Å². The van der Waals surface area contributed by atoms with E-state index in [1.54, 1.807) is 13.0 Å². The molecule has 0 atom stereocenters. The van der Waals surface area contributed by atoms with E-state index in [1.165, 1.54) is 0 Å². The zero-order valence-electron chi connectivity index (χ0n) is 9.24. The molecule has 1 rings (SSSR count). The number of hydrogen-bond acceptors (Lipinski definition) is 2. The average Bonchev–Trinajstić information content (AvgIpc) is 2.26. The normalized spacial score (nSPS) is 11.4. The molecule has 1 aromatic carbocycles. The van der Waals surface area contributed by atoms with Crippen LogP contribution in [0.5, 0.6) is 0 Å². The molecule has 0 saturated carbocycles. The van der Waals surface area contributed by atoms with Crippen molar-refractivity contribution in [3.63, 3.8) is 0 Å². The molecule has 0 amide bonds. The minimum Gasteiger partial charge on any atom is -0.284 e. The van der Waals surface area contributed by atoms with Crippen LogP contribution in [-0.4, -0.2) is 19.5 Å². The largest absolute Gasteiger partial charge is 0.284 e. The fraction of sp³-hybridized carbons (Fsp3) is 0.455. The number of benzene rings is 1. The van der Waals surface area contributed by atoms with Crippen molar-refractivity contribution in [2.24, 2.45) is 0 Å². The van der Waals surface area contributed by atoms with E-state index in [-0.39, 0.29) is 5.75 Å². The monoisotopic (exact) mass is 305 g/mol. The molecule has 0 aliphatic heterocycles. The fourth-order valence-corrected chi connectivity index (χ4v) is 2.22. The van der Waals surface area contributed by atoms with Crippen LogP contribution >= 0.6 is 15.9 Å². The van der Waals surface area contributed by atoms with Crippen LogP contribution in [0.25, 0.3) is 0 Å². The fourth-order valence-electron chi connectivity index (χ4n) is 1.31. The van der Waals surface area contributed by atoms with Gasteiger partial charge in [-0.15, -0.1) is 0 Å². The number of hydrogen-bond donors (Lipinski definition) is 1. The van der Waals surface area contributed by atoms with Crippen molar-refractivity contribution < 1.29 is 8.42 Å². The van der Waals surface area contributed by atoms with Gasteiger partial charge in [0.25, 0.3) is 0 Å². The van der Waals surface area contributed by atoms with E-state index in [9.17, 15) is 8.42 Å². The highest BCUT2D eigenvalue weighted by Gasteiger charge is 2.06. The second-order valence-corrected chi connectivity index (χ2v) is 6.30. The van der Waals surface area contributed by atoms with E-state index >= 15 is 0 Å². The Morgan fingerprint density at radius 3 is 2.75 bits per heavy atom. The molecule has 0 heterocycles. The predicted octanol–water partition coefficient (Wildman–Crippen LogP) is 2.78. The van der Waals surface area contributed by atoms with Crippen LogP contribution in [0.15, 0.2) is 24.3 Å². The Hall–Kier alpha value is -0.550. The molecular formula is C11H16BrNO2S. The summed E-state index contributed by atoms with van der Waals surface area (Å²) in [6, 6.07) is 7.53. The molecule has 0 aliphatic carbocycles. The Labute approximate surface area is 105 Å². The summed E-state index contributed by atoms with van der Waals surface area (Å²) >= 11 is 3.37. The topological polar surface area (TPSA) is 46.2 Å². The van der Waals surface area contributed by atoms with Crippen LogP contribution in [0.2, 0.25) is 0 Å². The molecule has 0 fully saturated rings. The van der Waals surface area contributed by atoms with Crippen LogP contribution in [-0.2, 0) is 16.4 Å². The number of alkyl halides is 1. The third-order valence-corrected chi connectivity index (χ3v) is 4.05. The molecule has 0 unspecified atom stereocenters. The van der Waals surface area contributed by atoms with Crippen molar-refractivity contribution in [2.75, 3.05) is 15.8 Å². The summed E-state index contributed by atoms with van der Waals surface area (Å²) in [6.45, 7) is 1.62. The first-order chi connectivity index (χ1) is 7.57. The number of anilines is 1. The highest BCUT2D eigenvalue weighted by atomic mass is 79.9. The summed E-state index contributed by atoms with van der Waals surface area (Å²) < 4.78 is 25.3. The number of nitrogens with one attached hydrogen (secondary N) is 1. The standard InChI is InChI=1S/C11H16BrNO2S/c1-2-16(14,15)13-11-7-3-5-10(9-11)6-4-8-12/h3,5,7,9,13H,2,4,6,8H2,1H3. The zero-order valence-corrected chi connectivity index (χ0v) is 11.6. The Balaban J connectivity index is 2.75. The minimum atomic E-state index is -3.17. The third kappa shape index (κ3) is 4.53. The van der Waals surface area contributed by atoms with Gasteiger partial charge in [0.05, 0.1) is 5.75 Å². The van der Waals surface area contributed by atoms with E-state index < -0.39 is 10.0 Å². The van der Waals surface area contributed by atoms with Gasteiger partial charge in [-0.25, -0.2) is 8.42 Å². The average molecular weight is 306 g/mol. The molecular weight excluding hydrogens is 290 g/mol. The summed E-state index contributed by atoms with van der Waals surface area (Å²) in [5.74, 6) is 0.0959. The lowest BCUT2D eigenvalue weighted by Gasteiger charge is -2.07. The number of aryl methyl sites for hydroxylation is 1. The first-order valence-corrected chi connectivity index (χ1v) is 8.00. The summed E-state index contributed by atoms with van der Waals surface area (Å²) in [5, 5.41) is 0.956. The molecule has 0 radical (unpaired) electrons. The van der Waals surface area contributed by atoms with E-state index in [1.807, 2.05) is 18.2 Å². The van der Waals surface area contributed by atoms with Crippen molar-refractivity contribution in [2.45, 2.75) is 19.8 Å². The lowest BCUT2D eigenvalue weighted by atomic mass is 10.1. The molecule has 0 aliphatic rings. The first kappa shape index (κ1) is 13.5. The highest BCUT2D eigenvalue weighted by Crippen LogP contribution is 2.14. The Bertz CT molecular complexity index is 431. The van der Waals surface area contributed by atoms with Gasteiger partial charge in [-0.3, -0.25) is 4.72 Å². The molecule has 90 valence electrons. The summed E-state index contributed by atoms with van der Waals surface area (Å²) in [5.41, 5.74) is 1.80. The Morgan fingerprint density at radius 1 is 1.38 bits per heavy atom. The minimum absolute atomic E-state index is 0.0959. The second-order valence-electron chi connectivity index (χ2n) is 3.50. The second kappa shape index (κ2) is 6.25. The van der Waals surface area contributed by atoms with Gasteiger partial charge >= 0.3 is 0 Å². The summed E-state index contributed by atoms with van der Waals surface area (Å²) in [7, 11) is -3.17. The molecule has 0 spiro atoms. The highest BCUT2D eigenvalue weighted by molar-refractivity contribution is 9.09. The molecule has 5 heteroatoms. The molecule has 3 nitrogen and oxygen atoms in total. The van der Waals surface area contributed by atoms with Crippen molar-refractivity contribution in [3.8, 4) is 0 Å². The SMILES string of the molecule is CCS(=O)(=O)Nc1cccc(CCCBr)c1. The van der Waals surface area contributed by atoms with Crippen LogP contribution < -0.4 is 4.72 Å². The predicted molar refractivity (Wildman–Crippen MR) is 71.6 cm³/mol. The third-order valence-electron chi connectivity index (χ3n) is 2.18. The van der Waals surface area contributed by atoms with Gasteiger partial charge < -0.3 is 0 Å². The van der Waals surface area contributed by atoms with Gasteiger partial charge in [0.1, 0.15) is 0 Å². The molecule has 1 aromatic rings. The number of sulfonamides is 1. The van der Waals surface area contributed by atoms with Crippen molar-refractivity contribution in [3.05, 3.63) is 29.8 Å². The molecule has 1 N–H and O–H groups in total. The Morgan fingerprint density at radius 2 is 2.12 bits per heavy atom. The van der Waals surface area contributed by atoms with Crippen molar-refractivity contribution >= 4 is 31.6 Å². The van der Waals surface area contributed by atoms with Gasteiger partial charge in [0.15, 0.2) is 0 Å². The van der Waals surface area contributed by atoms with E-state index in [0.717, 1.165) is 23.7 Å². The first-order valence-electron chi connectivity index (χ1n) is 5.23. The summed E-state index contributed by atoms with van der Waals surface area (Å²) in [4.78, 5) is 0. The maximum Gasteiger partial charge on any atom is 0.232 e. The van der Waals surface area contributed by atoms with Crippen molar-refractivity contribution in [1.82, 2.24) is 0 Å². The maximum atomic E-state index is 11.4. The zero-order chi connectivity index (χ0) is 12.0. The molecule has 0 aromatic heterocycles. The number of rotatable bonds is 6. The van der Waals surface area contributed by atoms with Gasteiger partial charge in [0, 0.05) is 11.0 Å². The lowest BCUT2D eigenvalue weighted by molar-refractivity contribution is 0.602. The van der Waals surface area contributed by atoms with E-state index in [4.69, 9.17) is 0 Å². The van der Waals surface area contributed by atoms with Crippen molar-refractivity contribution in [1.29, 1.82) is 0 Å². The Kier molecular flexibility index (Phi) is 5.28. The molecule has 16 heavy (non-hydrogen) atoms. The maximum absolute atomic E-state index is 11.4. The van der Waals surface area contributed by atoms with E-state index in [0.29, 0.717) is 5.69 Å². The van der Waals surface area contributed by atoms with Gasteiger partial charge in [-0.05, 0) is 37.5 Å². The van der Waals surface area contributed by atoms with Crippen LogP contribution in [0.4, 0.5) is 5.69 Å². The summed E-state index contributed by atoms with van der Waals surface area (Å²) in [6.07, 6.45) is 2.00. The lowest BCUT2D eigenvalue weighted by Crippen LogP contribution is -2.14. The van der Waals surface area contributed by atoms with E-state index in [2.05, 4.69) is 20.7 Å². The van der Waals surface area contributed by atoms with Gasteiger partial charge in [0.2, 0.25) is 10.0 Å². The molecule has 0 bridgehead atoms. The van der Waals surface area contributed by atoms with Gasteiger partial charge in [-0.1, -0.05) is 28.1 Å². The quantitative estimate of drug-likeness (QED) is 0.822. The van der Waals surface area contributed by atoms with Crippen LogP contribution in [0.1, 0.15) is 18.9 Å². The smallest absolute Gasteiger partial charge is 0.232 e. The van der Waals surface area contributed by atoms with Crippen LogP contribution in [0, 0.1) is 0 Å². The molecule has 0 saturated heterocycles. The number of halogens is 1. The van der Waals surface area contributed by atoms with Gasteiger partial charge in [-0.2, -0.15) is 0 Å².